The van der Waals surface area contributed by atoms with Crippen molar-refractivity contribution in [3.63, 3.8) is 0 Å². The molecule has 0 saturated carbocycles. The van der Waals surface area contributed by atoms with Crippen molar-refractivity contribution in [1.29, 1.82) is 0 Å². The maximum absolute atomic E-state index is 12.8. The Morgan fingerprint density at radius 1 is 1.38 bits per heavy atom. The molecule has 1 aliphatic heterocycles. The maximum Gasteiger partial charge on any atom is 0.417 e. The Hall–Kier alpha value is -1.27. The summed E-state index contributed by atoms with van der Waals surface area (Å²) in [6.45, 7) is 3.74. The first kappa shape index (κ1) is 19.1. The number of halogens is 4. The highest BCUT2D eigenvalue weighted by atomic mass is 35.5. The van der Waals surface area contributed by atoms with E-state index in [4.69, 9.17) is 11.6 Å². The topological polar surface area (TPSA) is 32.3 Å². The van der Waals surface area contributed by atoms with E-state index in [0.717, 1.165) is 37.9 Å². The standard InChI is InChI=1S/C17H22ClF3N2O/c1-2-13-5-3-4-9-23(13)10-8-16(24)22-12-6-7-15(18)14(11-12)17(19,20)21/h6-7,11,13H,2-5,8-10H2,1H3,(H,22,24). The van der Waals surface area contributed by atoms with Gasteiger partial charge in [-0.25, -0.2) is 0 Å². The van der Waals surface area contributed by atoms with Gasteiger partial charge in [0.1, 0.15) is 0 Å². The largest absolute Gasteiger partial charge is 0.417 e. The van der Waals surface area contributed by atoms with Gasteiger partial charge in [-0.2, -0.15) is 13.2 Å². The molecule has 0 spiro atoms. The predicted octanol–water partition coefficient (Wildman–Crippen LogP) is 4.95. The first-order chi connectivity index (χ1) is 11.3. The van der Waals surface area contributed by atoms with Gasteiger partial charge in [0, 0.05) is 24.7 Å². The van der Waals surface area contributed by atoms with Crippen LogP contribution in [0.15, 0.2) is 18.2 Å². The zero-order valence-electron chi connectivity index (χ0n) is 13.6. The van der Waals surface area contributed by atoms with Gasteiger partial charge in [-0.1, -0.05) is 24.9 Å². The summed E-state index contributed by atoms with van der Waals surface area (Å²) in [5.74, 6) is -0.286. The molecule has 1 heterocycles. The van der Waals surface area contributed by atoms with E-state index in [1.165, 1.54) is 12.5 Å². The molecule has 1 amide bonds. The fraction of sp³-hybridized carbons (Fsp3) is 0.588. The van der Waals surface area contributed by atoms with Crippen molar-refractivity contribution in [2.24, 2.45) is 0 Å². The van der Waals surface area contributed by atoms with Crippen molar-refractivity contribution in [3.05, 3.63) is 28.8 Å². The molecule has 1 saturated heterocycles. The van der Waals surface area contributed by atoms with Crippen LogP contribution in [-0.4, -0.2) is 29.9 Å². The number of hydrogen-bond acceptors (Lipinski definition) is 2. The summed E-state index contributed by atoms with van der Waals surface area (Å²) in [5, 5.41) is 2.15. The third kappa shape index (κ3) is 5.11. The molecule has 1 N–H and O–H groups in total. The van der Waals surface area contributed by atoms with Crippen molar-refractivity contribution in [2.45, 2.75) is 51.2 Å². The molecule has 0 radical (unpaired) electrons. The second-order valence-corrected chi connectivity index (χ2v) is 6.49. The summed E-state index contributed by atoms with van der Waals surface area (Å²) < 4.78 is 38.5. The number of hydrogen-bond donors (Lipinski definition) is 1. The van der Waals surface area contributed by atoms with E-state index < -0.39 is 11.7 Å². The average molecular weight is 363 g/mol. The van der Waals surface area contributed by atoms with Crippen LogP contribution in [0.3, 0.4) is 0 Å². The number of likely N-dealkylation sites (tertiary alicyclic amines) is 1. The zero-order chi connectivity index (χ0) is 17.7. The first-order valence-electron chi connectivity index (χ1n) is 8.22. The lowest BCUT2D eigenvalue weighted by molar-refractivity contribution is -0.137. The number of alkyl halides is 3. The number of benzene rings is 1. The SMILES string of the molecule is CCC1CCCCN1CCC(=O)Nc1ccc(Cl)c(C(F)(F)F)c1. The second-order valence-electron chi connectivity index (χ2n) is 6.08. The maximum atomic E-state index is 12.8. The van der Waals surface area contributed by atoms with Crippen molar-refractivity contribution in [1.82, 2.24) is 4.90 Å². The lowest BCUT2D eigenvalue weighted by atomic mass is 10.00. The van der Waals surface area contributed by atoms with Crippen molar-refractivity contribution in [2.75, 3.05) is 18.4 Å². The molecule has 1 atom stereocenters. The molecule has 1 aromatic carbocycles. The van der Waals surface area contributed by atoms with E-state index in [1.807, 2.05) is 0 Å². The minimum Gasteiger partial charge on any atom is -0.326 e. The first-order valence-corrected chi connectivity index (χ1v) is 8.59. The molecule has 3 nitrogen and oxygen atoms in total. The zero-order valence-corrected chi connectivity index (χ0v) is 14.4. The number of nitrogens with zero attached hydrogens (tertiary/aromatic N) is 1. The lowest BCUT2D eigenvalue weighted by Crippen LogP contribution is -2.40. The minimum atomic E-state index is -4.54. The lowest BCUT2D eigenvalue weighted by Gasteiger charge is -2.35. The van der Waals surface area contributed by atoms with Gasteiger partial charge in [-0.3, -0.25) is 9.69 Å². The van der Waals surface area contributed by atoms with Crippen LogP contribution in [0.4, 0.5) is 18.9 Å². The summed E-state index contributed by atoms with van der Waals surface area (Å²) in [6, 6.07) is 3.90. The third-order valence-corrected chi connectivity index (χ3v) is 4.73. The summed E-state index contributed by atoms with van der Waals surface area (Å²) in [4.78, 5) is 14.3. The van der Waals surface area contributed by atoms with E-state index in [-0.39, 0.29) is 23.0 Å². The van der Waals surface area contributed by atoms with Gasteiger partial charge in [0.15, 0.2) is 0 Å². The number of carbonyl (C=O) groups excluding carboxylic acids is 1. The van der Waals surface area contributed by atoms with Gasteiger partial charge in [-0.15, -0.1) is 0 Å². The third-order valence-electron chi connectivity index (χ3n) is 4.40. The average Bonchev–Trinajstić information content (AvgIpc) is 2.54. The Bertz CT molecular complexity index is 577. The van der Waals surface area contributed by atoms with E-state index >= 15 is 0 Å². The van der Waals surface area contributed by atoms with Gasteiger partial charge < -0.3 is 5.32 Å². The molecule has 1 aliphatic rings. The van der Waals surface area contributed by atoms with E-state index in [0.29, 0.717) is 12.6 Å². The second kappa shape index (κ2) is 8.21. The highest BCUT2D eigenvalue weighted by molar-refractivity contribution is 6.31. The van der Waals surface area contributed by atoms with Crippen LogP contribution in [0.25, 0.3) is 0 Å². The molecular weight excluding hydrogens is 341 g/mol. The smallest absolute Gasteiger partial charge is 0.326 e. The monoisotopic (exact) mass is 362 g/mol. The fourth-order valence-electron chi connectivity index (χ4n) is 3.11. The molecule has 0 aliphatic carbocycles. The van der Waals surface area contributed by atoms with Crippen molar-refractivity contribution >= 4 is 23.2 Å². The fourth-order valence-corrected chi connectivity index (χ4v) is 3.33. The van der Waals surface area contributed by atoms with Gasteiger partial charge in [0.05, 0.1) is 10.6 Å². The Morgan fingerprint density at radius 3 is 2.79 bits per heavy atom. The Labute approximate surface area is 145 Å². The molecule has 1 fully saturated rings. The number of piperidine rings is 1. The van der Waals surface area contributed by atoms with Crippen LogP contribution in [0, 0.1) is 0 Å². The van der Waals surface area contributed by atoms with Gasteiger partial charge in [0.2, 0.25) is 5.91 Å². The van der Waals surface area contributed by atoms with Crippen LogP contribution in [-0.2, 0) is 11.0 Å². The quantitative estimate of drug-likeness (QED) is 0.803. The van der Waals surface area contributed by atoms with Gasteiger partial charge in [-0.05, 0) is 44.0 Å². The van der Waals surface area contributed by atoms with E-state index in [9.17, 15) is 18.0 Å². The van der Waals surface area contributed by atoms with Crippen molar-refractivity contribution < 1.29 is 18.0 Å². The number of rotatable bonds is 5. The molecule has 1 unspecified atom stereocenters. The Morgan fingerprint density at radius 2 is 2.12 bits per heavy atom. The molecule has 134 valence electrons. The summed E-state index contributed by atoms with van der Waals surface area (Å²) in [6.07, 6.45) is 0.259. The number of nitrogens with one attached hydrogen (secondary N) is 1. The van der Waals surface area contributed by atoms with Crippen LogP contribution in [0.2, 0.25) is 5.02 Å². The summed E-state index contributed by atoms with van der Waals surface area (Å²) in [5.41, 5.74) is -0.827. The van der Waals surface area contributed by atoms with Crippen LogP contribution < -0.4 is 5.32 Å². The molecule has 0 bridgehead atoms. The molecule has 24 heavy (non-hydrogen) atoms. The molecule has 7 heteroatoms. The van der Waals surface area contributed by atoms with E-state index in [1.54, 1.807) is 0 Å². The highest BCUT2D eigenvalue weighted by Gasteiger charge is 2.33. The Balaban J connectivity index is 1.93. The van der Waals surface area contributed by atoms with Crippen LogP contribution >= 0.6 is 11.6 Å². The van der Waals surface area contributed by atoms with Gasteiger partial charge in [0.25, 0.3) is 0 Å². The molecular formula is C17H22ClF3N2O. The van der Waals surface area contributed by atoms with Crippen LogP contribution in [0.1, 0.15) is 44.6 Å². The summed E-state index contributed by atoms with van der Waals surface area (Å²) >= 11 is 5.57. The van der Waals surface area contributed by atoms with Crippen molar-refractivity contribution in [3.8, 4) is 0 Å². The summed E-state index contributed by atoms with van der Waals surface area (Å²) in [7, 11) is 0. The van der Waals surface area contributed by atoms with Gasteiger partial charge >= 0.3 is 6.18 Å². The molecule has 1 aromatic rings. The number of carbonyl (C=O) groups is 1. The number of amides is 1. The molecule has 2 rings (SSSR count). The highest BCUT2D eigenvalue weighted by Crippen LogP contribution is 2.36. The number of anilines is 1. The van der Waals surface area contributed by atoms with Crippen LogP contribution in [0.5, 0.6) is 0 Å². The Kier molecular flexibility index (Phi) is 6.52. The predicted molar refractivity (Wildman–Crippen MR) is 89.2 cm³/mol. The minimum absolute atomic E-state index is 0.113. The normalized spacial score (nSPS) is 19.3. The molecule has 0 aromatic heterocycles. The van der Waals surface area contributed by atoms with E-state index in [2.05, 4.69) is 17.1 Å².